The summed E-state index contributed by atoms with van der Waals surface area (Å²) in [6, 6.07) is 0.854. The summed E-state index contributed by atoms with van der Waals surface area (Å²) in [5, 5.41) is 19.6. The van der Waals surface area contributed by atoms with Crippen molar-refractivity contribution in [1.82, 2.24) is 4.98 Å². The molecule has 2 aromatic rings. The zero-order valence-corrected chi connectivity index (χ0v) is 11.0. The number of nitrogens with zero attached hydrogens (tertiary/aromatic N) is 2. The Morgan fingerprint density at radius 2 is 2.00 bits per heavy atom. The molecular weight excluding hydrogens is 314 g/mol. The summed E-state index contributed by atoms with van der Waals surface area (Å²) >= 11 is 1.03. The summed E-state index contributed by atoms with van der Waals surface area (Å²) < 4.78 is 26.7. The summed E-state index contributed by atoms with van der Waals surface area (Å²) in [5.41, 5.74) is -0.506. The molecule has 0 aromatic carbocycles. The van der Waals surface area contributed by atoms with Crippen molar-refractivity contribution in [3.63, 3.8) is 0 Å². The van der Waals surface area contributed by atoms with Crippen molar-refractivity contribution in [1.29, 1.82) is 0 Å². The quantitative estimate of drug-likeness (QED) is 0.687. The lowest BCUT2D eigenvalue weighted by molar-refractivity contribution is -0.387. The maximum absolute atomic E-state index is 13.4. The van der Waals surface area contributed by atoms with Gasteiger partial charge in [-0.25, -0.2) is 13.6 Å². The first-order chi connectivity index (χ1) is 9.40. The molecule has 2 heterocycles. The van der Waals surface area contributed by atoms with E-state index < -0.39 is 33.1 Å². The van der Waals surface area contributed by atoms with Crippen LogP contribution < -0.4 is 0 Å². The highest BCUT2D eigenvalue weighted by Crippen LogP contribution is 2.42. The molecule has 0 atom stereocenters. The lowest BCUT2D eigenvalue weighted by Gasteiger charge is -2.01. The number of thiophene rings is 1. The van der Waals surface area contributed by atoms with E-state index in [1.807, 2.05) is 0 Å². The minimum absolute atomic E-state index is 0.114. The number of hydrogen-bond acceptors (Lipinski definition) is 6. The predicted molar refractivity (Wildman–Crippen MR) is 66.2 cm³/mol. The lowest BCUT2D eigenvalue weighted by atomic mass is 10.4. The highest BCUT2D eigenvalue weighted by molar-refractivity contribution is 8.01. The van der Waals surface area contributed by atoms with E-state index in [1.165, 1.54) is 0 Å². The molecule has 20 heavy (non-hydrogen) atoms. The molecule has 0 saturated heterocycles. The van der Waals surface area contributed by atoms with Crippen LogP contribution >= 0.6 is 23.1 Å². The van der Waals surface area contributed by atoms with Gasteiger partial charge in [-0.15, -0.1) is 11.3 Å². The van der Waals surface area contributed by atoms with Gasteiger partial charge in [0.05, 0.1) is 22.2 Å². The third-order valence-corrected chi connectivity index (χ3v) is 4.49. The highest BCUT2D eigenvalue weighted by Gasteiger charge is 2.25. The van der Waals surface area contributed by atoms with Gasteiger partial charge in [0.25, 0.3) is 5.69 Å². The smallest absolute Gasteiger partial charge is 0.346 e. The van der Waals surface area contributed by atoms with E-state index in [0.717, 1.165) is 18.5 Å². The normalized spacial score (nSPS) is 10.5. The fraction of sp³-hybridized carbons (Fsp3) is 0. The van der Waals surface area contributed by atoms with Crippen molar-refractivity contribution in [2.24, 2.45) is 0 Å². The first-order valence-corrected chi connectivity index (χ1v) is 6.52. The average molecular weight is 318 g/mol. The molecule has 2 aromatic heterocycles. The Hall–Kier alpha value is -2.07. The molecule has 0 aliphatic carbocycles. The molecular formula is C10H4F2N2O4S2. The Balaban J connectivity index is 2.47. The van der Waals surface area contributed by atoms with Crippen LogP contribution in [0.3, 0.4) is 0 Å². The lowest BCUT2D eigenvalue weighted by Crippen LogP contribution is -1.91. The van der Waals surface area contributed by atoms with E-state index in [-0.39, 0.29) is 9.09 Å². The number of aromatic nitrogens is 1. The van der Waals surface area contributed by atoms with Crippen LogP contribution in [-0.2, 0) is 0 Å². The monoisotopic (exact) mass is 318 g/mol. The van der Waals surface area contributed by atoms with Crippen molar-refractivity contribution in [3.8, 4) is 0 Å². The van der Waals surface area contributed by atoms with Crippen molar-refractivity contribution >= 4 is 34.8 Å². The minimum Gasteiger partial charge on any atom is -0.477 e. The Kier molecular flexibility index (Phi) is 3.95. The number of hydrogen-bond donors (Lipinski definition) is 1. The fourth-order valence-electron chi connectivity index (χ4n) is 1.26. The molecule has 0 amide bonds. The van der Waals surface area contributed by atoms with Gasteiger partial charge in [-0.05, 0) is 0 Å². The molecule has 0 saturated carbocycles. The van der Waals surface area contributed by atoms with Crippen LogP contribution in [0.2, 0.25) is 0 Å². The zero-order valence-electron chi connectivity index (χ0n) is 9.37. The van der Waals surface area contributed by atoms with E-state index in [9.17, 15) is 23.7 Å². The molecule has 1 N–H and O–H groups in total. The molecule has 0 aliphatic heterocycles. The van der Waals surface area contributed by atoms with E-state index in [0.29, 0.717) is 23.1 Å². The number of carbonyl (C=O) groups is 1. The highest BCUT2D eigenvalue weighted by atomic mass is 32.2. The third kappa shape index (κ3) is 2.75. The van der Waals surface area contributed by atoms with Crippen molar-refractivity contribution in [2.45, 2.75) is 9.10 Å². The standard InChI is InChI=1S/C10H4F2N2O4S2/c11-4-2-13-3-5(12)8(4)20-10-6(14(17)18)1-7(19-10)9(15)16/h1-3H,(H,15,16). The van der Waals surface area contributed by atoms with E-state index in [1.54, 1.807) is 0 Å². The van der Waals surface area contributed by atoms with Crippen LogP contribution in [0, 0.1) is 21.7 Å². The molecule has 0 fully saturated rings. The number of halogens is 2. The van der Waals surface area contributed by atoms with Crippen LogP contribution in [0.5, 0.6) is 0 Å². The van der Waals surface area contributed by atoms with Gasteiger partial charge < -0.3 is 5.11 Å². The first-order valence-electron chi connectivity index (χ1n) is 4.88. The second-order valence-corrected chi connectivity index (χ2v) is 5.71. The largest absolute Gasteiger partial charge is 0.477 e. The van der Waals surface area contributed by atoms with Crippen molar-refractivity contribution in [2.75, 3.05) is 0 Å². The Morgan fingerprint density at radius 3 is 2.50 bits per heavy atom. The van der Waals surface area contributed by atoms with Crippen LogP contribution in [-0.4, -0.2) is 21.0 Å². The molecule has 0 aliphatic rings. The van der Waals surface area contributed by atoms with Gasteiger partial charge in [0.2, 0.25) is 0 Å². The molecule has 2 rings (SSSR count). The van der Waals surface area contributed by atoms with Gasteiger partial charge >= 0.3 is 5.97 Å². The second kappa shape index (κ2) is 5.51. The number of aromatic carboxylic acids is 1. The van der Waals surface area contributed by atoms with Gasteiger partial charge in [-0.1, -0.05) is 11.8 Å². The summed E-state index contributed by atoms with van der Waals surface area (Å²) in [5.74, 6) is -3.30. The van der Waals surface area contributed by atoms with Gasteiger partial charge in [-0.3, -0.25) is 15.1 Å². The van der Waals surface area contributed by atoms with Gasteiger partial charge in [-0.2, -0.15) is 0 Å². The number of nitro groups is 1. The van der Waals surface area contributed by atoms with E-state index in [4.69, 9.17) is 5.11 Å². The maximum atomic E-state index is 13.4. The predicted octanol–water partition coefficient (Wildman–Crippen LogP) is 3.18. The molecule has 6 nitrogen and oxygen atoms in total. The van der Waals surface area contributed by atoms with Crippen molar-refractivity contribution in [3.05, 3.63) is 45.1 Å². The molecule has 0 spiro atoms. The summed E-state index contributed by atoms with van der Waals surface area (Å²) in [4.78, 5) is 23.4. The SMILES string of the molecule is O=C(O)c1cc([N+](=O)[O-])c(Sc2c(F)cncc2F)s1. The minimum atomic E-state index is -1.35. The number of carboxylic acid groups (broad SMARTS) is 1. The van der Waals surface area contributed by atoms with Gasteiger partial charge in [0, 0.05) is 6.07 Å². The topological polar surface area (TPSA) is 93.3 Å². The molecule has 0 unspecified atom stereocenters. The van der Waals surface area contributed by atoms with Gasteiger partial charge in [0.1, 0.15) is 9.09 Å². The van der Waals surface area contributed by atoms with Crippen LogP contribution in [0.25, 0.3) is 0 Å². The van der Waals surface area contributed by atoms with E-state index >= 15 is 0 Å². The number of pyridine rings is 1. The Bertz CT molecular complexity index is 684. The molecule has 10 heteroatoms. The van der Waals surface area contributed by atoms with E-state index in [2.05, 4.69) is 4.98 Å². The number of rotatable bonds is 4. The van der Waals surface area contributed by atoms with Crippen molar-refractivity contribution < 1.29 is 23.6 Å². The zero-order chi connectivity index (χ0) is 14.9. The first kappa shape index (κ1) is 14.3. The summed E-state index contributed by atoms with van der Waals surface area (Å²) in [6.45, 7) is 0. The summed E-state index contributed by atoms with van der Waals surface area (Å²) in [6.07, 6.45) is 1.53. The molecule has 0 bridgehead atoms. The third-order valence-electron chi connectivity index (χ3n) is 2.09. The maximum Gasteiger partial charge on any atom is 0.346 e. The molecule has 0 radical (unpaired) electrons. The Morgan fingerprint density at radius 1 is 1.40 bits per heavy atom. The second-order valence-electron chi connectivity index (χ2n) is 3.38. The van der Waals surface area contributed by atoms with Crippen LogP contribution in [0.1, 0.15) is 9.67 Å². The number of carboxylic acids is 1. The summed E-state index contributed by atoms with van der Waals surface area (Å²) in [7, 11) is 0. The van der Waals surface area contributed by atoms with Crippen LogP contribution in [0.15, 0.2) is 27.6 Å². The average Bonchev–Trinajstić information content (AvgIpc) is 2.78. The van der Waals surface area contributed by atoms with Crippen LogP contribution in [0.4, 0.5) is 14.5 Å². The Labute approximate surface area is 118 Å². The fourth-order valence-corrected chi connectivity index (χ4v) is 3.37. The molecule has 104 valence electrons. The van der Waals surface area contributed by atoms with Gasteiger partial charge in [0.15, 0.2) is 11.6 Å².